The Labute approximate surface area is 84.4 Å². The van der Waals surface area contributed by atoms with Crippen molar-refractivity contribution in [1.82, 2.24) is 4.98 Å². The molecule has 1 saturated heterocycles. The van der Waals surface area contributed by atoms with Gasteiger partial charge in [0.2, 0.25) is 0 Å². The minimum absolute atomic E-state index is 0.294. The van der Waals surface area contributed by atoms with Gasteiger partial charge in [-0.3, -0.25) is 0 Å². The highest BCUT2D eigenvalue weighted by molar-refractivity contribution is 5.40. The van der Waals surface area contributed by atoms with Crippen molar-refractivity contribution >= 4 is 5.82 Å². The van der Waals surface area contributed by atoms with Gasteiger partial charge >= 0.3 is 0 Å². The topological polar surface area (TPSA) is 36.4 Å². The van der Waals surface area contributed by atoms with Gasteiger partial charge in [-0.05, 0) is 25.0 Å². The molecule has 0 bridgehead atoms. The largest absolute Gasteiger partial charge is 0.396 e. The third kappa shape index (κ3) is 1.87. The molecule has 1 aromatic rings. The summed E-state index contributed by atoms with van der Waals surface area (Å²) in [6.07, 6.45) is 2.97. The predicted molar refractivity (Wildman–Crippen MR) is 56.4 cm³/mol. The molecule has 3 heteroatoms. The van der Waals surface area contributed by atoms with E-state index < -0.39 is 0 Å². The van der Waals surface area contributed by atoms with Gasteiger partial charge in [0, 0.05) is 31.8 Å². The maximum Gasteiger partial charge on any atom is 0.128 e. The zero-order valence-electron chi connectivity index (χ0n) is 8.48. The molecule has 0 saturated carbocycles. The van der Waals surface area contributed by atoms with Crippen LogP contribution in [0.3, 0.4) is 0 Å². The van der Waals surface area contributed by atoms with Crippen LogP contribution in [-0.2, 0) is 0 Å². The van der Waals surface area contributed by atoms with Gasteiger partial charge in [-0.1, -0.05) is 6.07 Å². The number of aliphatic hydroxyl groups is 1. The van der Waals surface area contributed by atoms with Crippen molar-refractivity contribution in [2.24, 2.45) is 5.92 Å². The molecule has 1 unspecified atom stereocenters. The average molecular weight is 192 g/mol. The molecule has 1 aliphatic heterocycles. The minimum atomic E-state index is 0.294. The molecule has 1 N–H and O–H groups in total. The van der Waals surface area contributed by atoms with E-state index in [0.717, 1.165) is 25.3 Å². The van der Waals surface area contributed by atoms with Crippen LogP contribution in [0.1, 0.15) is 12.0 Å². The summed E-state index contributed by atoms with van der Waals surface area (Å²) in [5, 5.41) is 9.03. The van der Waals surface area contributed by atoms with E-state index in [1.807, 2.05) is 13.1 Å². The number of anilines is 1. The normalized spacial score (nSPS) is 21.6. The fourth-order valence-corrected chi connectivity index (χ4v) is 1.84. The molecule has 0 amide bonds. The van der Waals surface area contributed by atoms with Crippen LogP contribution in [0.4, 0.5) is 5.82 Å². The van der Waals surface area contributed by atoms with E-state index in [-0.39, 0.29) is 0 Å². The summed E-state index contributed by atoms with van der Waals surface area (Å²) in [6.45, 7) is 4.29. The second-order valence-corrected chi connectivity index (χ2v) is 3.98. The highest BCUT2D eigenvalue weighted by atomic mass is 16.3. The van der Waals surface area contributed by atoms with Gasteiger partial charge in [-0.2, -0.15) is 0 Å². The zero-order chi connectivity index (χ0) is 9.97. The van der Waals surface area contributed by atoms with Gasteiger partial charge in [0.1, 0.15) is 5.82 Å². The first kappa shape index (κ1) is 9.46. The SMILES string of the molecule is Cc1ccc(N2CCC(CO)C2)nc1. The number of hydrogen-bond donors (Lipinski definition) is 1. The molecular formula is C11H16N2O. The summed E-state index contributed by atoms with van der Waals surface area (Å²) >= 11 is 0. The Morgan fingerprint density at radius 2 is 2.43 bits per heavy atom. The molecule has 0 aromatic carbocycles. The fourth-order valence-electron chi connectivity index (χ4n) is 1.84. The summed E-state index contributed by atoms with van der Waals surface area (Å²) in [7, 11) is 0. The minimum Gasteiger partial charge on any atom is -0.396 e. The van der Waals surface area contributed by atoms with Gasteiger partial charge in [-0.25, -0.2) is 4.98 Å². The fraction of sp³-hybridized carbons (Fsp3) is 0.545. The van der Waals surface area contributed by atoms with Gasteiger partial charge in [0.15, 0.2) is 0 Å². The van der Waals surface area contributed by atoms with E-state index in [4.69, 9.17) is 5.11 Å². The van der Waals surface area contributed by atoms with Crippen LogP contribution in [-0.4, -0.2) is 29.8 Å². The highest BCUT2D eigenvalue weighted by Gasteiger charge is 2.22. The molecule has 1 atom stereocenters. The predicted octanol–water partition coefficient (Wildman–Crippen LogP) is 1.21. The quantitative estimate of drug-likeness (QED) is 0.765. The number of aliphatic hydroxyl groups excluding tert-OH is 1. The lowest BCUT2D eigenvalue weighted by molar-refractivity contribution is 0.238. The van der Waals surface area contributed by atoms with Crippen molar-refractivity contribution in [3.63, 3.8) is 0 Å². The van der Waals surface area contributed by atoms with Crippen LogP contribution in [0.2, 0.25) is 0 Å². The van der Waals surface area contributed by atoms with Gasteiger partial charge < -0.3 is 10.0 Å². The van der Waals surface area contributed by atoms with Crippen molar-refractivity contribution in [2.45, 2.75) is 13.3 Å². The Morgan fingerprint density at radius 3 is 3.00 bits per heavy atom. The number of hydrogen-bond acceptors (Lipinski definition) is 3. The Kier molecular flexibility index (Phi) is 2.68. The average Bonchev–Trinajstić information content (AvgIpc) is 2.67. The number of aromatic nitrogens is 1. The lowest BCUT2D eigenvalue weighted by Gasteiger charge is -2.16. The molecule has 1 aromatic heterocycles. The first-order valence-electron chi connectivity index (χ1n) is 5.08. The maximum atomic E-state index is 9.03. The molecule has 1 aliphatic rings. The van der Waals surface area contributed by atoms with Crippen molar-refractivity contribution in [3.8, 4) is 0 Å². The van der Waals surface area contributed by atoms with E-state index in [1.165, 1.54) is 5.56 Å². The molecule has 14 heavy (non-hydrogen) atoms. The van der Waals surface area contributed by atoms with E-state index in [2.05, 4.69) is 22.0 Å². The van der Waals surface area contributed by atoms with Crippen LogP contribution in [0.25, 0.3) is 0 Å². The third-order valence-corrected chi connectivity index (χ3v) is 2.76. The molecule has 1 fully saturated rings. The second-order valence-electron chi connectivity index (χ2n) is 3.98. The Balaban J connectivity index is 2.06. The second kappa shape index (κ2) is 3.96. The van der Waals surface area contributed by atoms with Crippen LogP contribution < -0.4 is 4.90 Å². The summed E-state index contributed by atoms with van der Waals surface area (Å²) in [4.78, 5) is 6.61. The van der Waals surface area contributed by atoms with Crippen LogP contribution >= 0.6 is 0 Å². The highest BCUT2D eigenvalue weighted by Crippen LogP contribution is 2.21. The number of aryl methyl sites for hydroxylation is 1. The summed E-state index contributed by atoms with van der Waals surface area (Å²) < 4.78 is 0. The lowest BCUT2D eigenvalue weighted by atomic mass is 10.1. The molecule has 3 nitrogen and oxygen atoms in total. The lowest BCUT2D eigenvalue weighted by Crippen LogP contribution is -2.21. The number of pyridine rings is 1. The standard InChI is InChI=1S/C11H16N2O/c1-9-2-3-11(12-6-9)13-5-4-10(7-13)8-14/h2-3,6,10,14H,4-5,7-8H2,1H3. The third-order valence-electron chi connectivity index (χ3n) is 2.76. The Morgan fingerprint density at radius 1 is 1.57 bits per heavy atom. The molecule has 2 heterocycles. The van der Waals surface area contributed by atoms with Crippen LogP contribution in [0, 0.1) is 12.8 Å². The smallest absolute Gasteiger partial charge is 0.128 e. The molecular weight excluding hydrogens is 176 g/mol. The van der Waals surface area contributed by atoms with Gasteiger partial charge in [-0.15, -0.1) is 0 Å². The van der Waals surface area contributed by atoms with E-state index in [9.17, 15) is 0 Å². The molecule has 0 aliphatic carbocycles. The Bertz CT molecular complexity index is 297. The van der Waals surface area contributed by atoms with E-state index in [1.54, 1.807) is 0 Å². The monoisotopic (exact) mass is 192 g/mol. The summed E-state index contributed by atoms with van der Waals surface area (Å²) in [5.41, 5.74) is 1.19. The van der Waals surface area contributed by atoms with Gasteiger partial charge in [0.05, 0.1) is 0 Å². The van der Waals surface area contributed by atoms with E-state index in [0.29, 0.717) is 12.5 Å². The number of nitrogens with zero attached hydrogens (tertiary/aromatic N) is 2. The van der Waals surface area contributed by atoms with Crippen molar-refractivity contribution in [3.05, 3.63) is 23.9 Å². The molecule has 0 radical (unpaired) electrons. The maximum absolute atomic E-state index is 9.03. The Hall–Kier alpha value is -1.09. The first-order valence-corrected chi connectivity index (χ1v) is 5.08. The van der Waals surface area contributed by atoms with Crippen molar-refractivity contribution < 1.29 is 5.11 Å². The molecule has 76 valence electrons. The van der Waals surface area contributed by atoms with Gasteiger partial charge in [0.25, 0.3) is 0 Å². The van der Waals surface area contributed by atoms with Crippen molar-refractivity contribution in [1.29, 1.82) is 0 Å². The van der Waals surface area contributed by atoms with Crippen molar-refractivity contribution in [2.75, 3.05) is 24.6 Å². The van der Waals surface area contributed by atoms with Crippen LogP contribution in [0.5, 0.6) is 0 Å². The molecule has 0 spiro atoms. The summed E-state index contributed by atoms with van der Waals surface area (Å²) in [6, 6.07) is 4.13. The van der Waals surface area contributed by atoms with Crippen LogP contribution in [0.15, 0.2) is 18.3 Å². The summed E-state index contributed by atoms with van der Waals surface area (Å²) in [5.74, 6) is 1.46. The zero-order valence-corrected chi connectivity index (χ0v) is 8.48. The number of rotatable bonds is 2. The molecule has 2 rings (SSSR count). The first-order chi connectivity index (χ1) is 6.79. The van der Waals surface area contributed by atoms with E-state index >= 15 is 0 Å².